The van der Waals surface area contributed by atoms with Crippen molar-refractivity contribution in [2.24, 2.45) is 7.05 Å². The fourth-order valence-electron chi connectivity index (χ4n) is 3.25. The second-order valence-corrected chi connectivity index (χ2v) is 5.34. The normalized spacial score (nSPS) is 20.3. The van der Waals surface area contributed by atoms with Gasteiger partial charge in [-0.05, 0) is 44.5 Å². The zero-order valence-corrected chi connectivity index (χ0v) is 10.9. The van der Waals surface area contributed by atoms with Crippen LogP contribution < -0.4 is 5.32 Å². The number of benzene rings is 1. The molecule has 1 aliphatic rings. The first-order valence-electron chi connectivity index (χ1n) is 6.44. The van der Waals surface area contributed by atoms with Gasteiger partial charge in [-0.15, -0.1) is 0 Å². The number of nitrogens with one attached hydrogen (secondary N) is 1. The Morgan fingerprint density at radius 3 is 2.76 bits per heavy atom. The molecule has 0 saturated carbocycles. The lowest BCUT2D eigenvalue weighted by molar-refractivity contribution is 0.694. The van der Waals surface area contributed by atoms with Crippen molar-refractivity contribution in [2.45, 2.75) is 26.2 Å². The van der Waals surface area contributed by atoms with Crippen LogP contribution in [0.4, 0.5) is 0 Å². The minimum atomic E-state index is 0.687. The van der Waals surface area contributed by atoms with Crippen LogP contribution in [-0.4, -0.2) is 17.7 Å². The van der Waals surface area contributed by atoms with Crippen molar-refractivity contribution in [3.8, 4) is 0 Å². The summed E-state index contributed by atoms with van der Waals surface area (Å²) in [6.45, 7) is 6.68. The van der Waals surface area contributed by atoms with Crippen LogP contribution in [0.25, 0.3) is 10.9 Å². The highest BCUT2D eigenvalue weighted by Crippen LogP contribution is 2.30. The van der Waals surface area contributed by atoms with Crippen molar-refractivity contribution in [1.82, 2.24) is 9.88 Å². The van der Waals surface area contributed by atoms with Crippen LogP contribution in [0.2, 0.25) is 0 Å². The van der Waals surface area contributed by atoms with Crippen molar-refractivity contribution in [1.29, 1.82) is 0 Å². The highest BCUT2D eigenvalue weighted by atomic mass is 15.0. The molecular formula is C15H20N2. The van der Waals surface area contributed by atoms with Gasteiger partial charge in [-0.3, -0.25) is 0 Å². The Kier molecular flexibility index (Phi) is 2.48. The Morgan fingerprint density at radius 1 is 1.24 bits per heavy atom. The molecule has 1 aromatic heterocycles. The Bertz CT molecular complexity index is 560. The standard InChI is InChI=1S/C15H20N2/c1-10-6-11(2)15-13(7-10)8-14(17(15)3)12-4-5-16-9-12/h6-8,12,16H,4-5,9H2,1-3H3. The van der Waals surface area contributed by atoms with E-state index in [2.05, 4.69) is 49.0 Å². The zero-order chi connectivity index (χ0) is 12.0. The Morgan fingerprint density at radius 2 is 2.06 bits per heavy atom. The van der Waals surface area contributed by atoms with Gasteiger partial charge in [-0.2, -0.15) is 0 Å². The minimum Gasteiger partial charge on any atom is -0.347 e. The molecular weight excluding hydrogens is 208 g/mol. The molecule has 1 unspecified atom stereocenters. The first-order valence-corrected chi connectivity index (χ1v) is 6.44. The maximum absolute atomic E-state index is 3.46. The fraction of sp³-hybridized carbons (Fsp3) is 0.467. The first kappa shape index (κ1) is 10.8. The average molecular weight is 228 g/mol. The van der Waals surface area contributed by atoms with Crippen molar-refractivity contribution < 1.29 is 0 Å². The summed E-state index contributed by atoms with van der Waals surface area (Å²) in [6.07, 6.45) is 1.27. The Balaban J connectivity index is 2.20. The number of rotatable bonds is 1. The van der Waals surface area contributed by atoms with Crippen molar-refractivity contribution in [3.05, 3.63) is 35.0 Å². The van der Waals surface area contributed by atoms with Crippen LogP contribution in [0.5, 0.6) is 0 Å². The topological polar surface area (TPSA) is 17.0 Å². The van der Waals surface area contributed by atoms with Gasteiger partial charge in [0.1, 0.15) is 0 Å². The molecule has 0 spiro atoms. The van der Waals surface area contributed by atoms with Crippen LogP contribution >= 0.6 is 0 Å². The lowest BCUT2D eigenvalue weighted by Crippen LogP contribution is -2.10. The van der Waals surface area contributed by atoms with Crippen LogP contribution in [0.3, 0.4) is 0 Å². The molecule has 0 amide bonds. The lowest BCUT2D eigenvalue weighted by atomic mass is 10.0. The van der Waals surface area contributed by atoms with Crippen LogP contribution in [0.15, 0.2) is 18.2 Å². The molecule has 17 heavy (non-hydrogen) atoms. The Hall–Kier alpha value is -1.28. The van der Waals surface area contributed by atoms with E-state index < -0.39 is 0 Å². The summed E-state index contributed by atoms with van der Waals surface area (Å²) >= 11 is 0. The molecule has 2 aromatic rings. The van der Waals surface area contributed by atoms with E-state index in [0.717, 1.165) is 13.1 Å². The SMILES string of the molecule is Cc1cc(C)c2c(c1)cc(C1CCNC1)n2C. The van der Waals surface area contributed by atoms with Gasteiger partial charge in [0.25, 0.3) is 0 Å². The maximum atomic E-state index is 3.46. The number of fused-ring (bicyclic) bond motifs is 1. The first-order chi connectivity index (χ1) is 8.16. The summed E-state index contributed by atoms with van der Waals surface area (Å²) in [4.78, 5) is 0. The number of hydrogen-bond acceptors (Lipinski definition) is 1. The van der Waals surface area contributed by atoms with E-state index in [4.69, 9.17) is 0 Å². The molecule has 2 heterocycles. The molecule has 1 N–H and O–H groups in total. The number of hydrogen-bond donors (Lipinski definition) is 1. The monoisotopic (exact) mass is 228 g/mol. The second kappa shape index (κ2) is 3.88. The summed E-state index contributed by atoms with van der Waals surface area (Å²) < 4.78 is 2.39. The van der Waals surface area contributed by atoms with E-state index in [1.165, 1.54) is 34.1 Å². The van der Waals surface area contributed by atoms with Gasteiger partial charge < -0.3 is 9.88 Å². The number of aromatic nitrogens is 1. The second-order valence-electron chi connectivity index (χ2n) is 5.34. The molecule has 1 atom stereocenters. The van der Waals surface area contributed by atoms with E-state index in [1.807, 2.05) is 0 Å². The minimum absolute atomic E-state index is 0.687. The predicted molar refractivity (Wildman–Crippen MR) is 72.6 cm³/mol. The number of nitrogens with zero attached hydrogens (tertiary/aromatic N) is 1. The van der Waals surface area contributed by atoms with Gasteiger partial charge in [0.2, 0.25) is 0 Å². The number of aryl methyl sites for hydroxylation is 3. The Labute approximate surface area is 103 Å². The van der Waals surface area contributed by atoms with Crippen LogP contribution in [0.1, 0.15) is 29.2 Å². The third kappa shape index (κ3) is 1.67. The molecule has 2 heteroatoms. The molecule has 0 bridgehead atoms. The highest BCUT2D eigenvalue weighted by Gasteiger charge is 2.21. The van der Waals surface area contributed by atoms with Crippen molar-refractivity contribution in [3.63, 3.8) is 0 Å². The summed E-state index contributed by atoms with van der Waals surface area (Å²) in [6, 6.07) is 6.96. The molecule has 1 saturated heterocycles. The predicted octanol–water partition coefficient (Wildman–Crippen LogP) is 2.87. The average Bonchev–Trinajstić information content (AvgIpc) is 2.85. The third-order valence-corrected chi connectivity index (χ3v) is 3.98. The van der Waals surface area contributed by atoms with E-state index in [1.54, 1.807) is 0 Å². The van der Waals surface area contributed by atoms with Crippen LogP contribution in [0, 0.1) is 13.8 Å². The van der Waals surface area contributed by atoms with E-state index in [9.17, 15) is 0 Å². The van der Waals surface area contributed by atoms with Crippen LogP contribution in [-0.2, 0) is 7.05 Å². The molecule has 0 aliphatic carbocycles. The van der Waals surface area contributed by atoms with Gasteiger partial charge in [0.05, 0.1) is 5.52 Å². The fourth-order valence-corrected chi connectivity index (χ4v) is 3.25. The summed E-state index contributed by atoms with van der Waals surface area (Å²) in [5.74, 6) is 0.687. The largest absolute Gasteiger partial charge is 0.347 e. The quantitative estimate of drug-likeness (QED) is 0.794. The third-order valence-electron chi connectivity index (χ3n) is 3.98. The molecule has 1 aromatic carbocycles. The van der Waals surface area contributed by atoms with Gasteiger partial charge in [-0.1, -0.05) is 11.6 Å². The van der Waals surface area contributed by atoms with Crippen molar-refractivity contribution in [2.75, 3.05) is 13.1 Å². The summed E-state index contributed by atoms with van der Waals surface area (Å²) in [7, 11) is 2.21. The van der Waals surface area contributed by atoms with E-state index >= 15 is 0 Å². The molecule has 0 radical (unpaired) electrons. The van der Waals surface area contributed by atoms with Gasteiger partial charge >= 0.3 is 0 Å². The molecule has 2 nitrogen and oxygen atoms in total. The highest BCUT2D eigenvalue weighted by molar-refractivity contribution is 5.85. The molecule has 1 fully saturated rings. The van der Waals surface area contributed by atoms with Crippen molar-refractivity contribution >= 4 is 10.9 Å². The molecule has 1 aliphatic heterocycles. The maximum Gasteiger partial charge on any atom is 0.0509 e. The zero-order valence-electron chi connectivity index (χ0n) is 10.9. The molecule has 3 rings (SSSR count). The summed E-state index contributed by atoms with van der Waals surface area (Å²) in [5.41, 5.74) is 5.63. The van der Waals surface area contributed by atoms with E-state index in [0.29, 0.717) is 5.92 Å². The van der Waals surface area contributed by atoms with Gasteiger partial charge in [0, 0.05) is 30.6 Å². The molecule has 90 valence electrons. The van der Waals surface area contributed by atoms with Gasteiger partial charge in [-0.25, -0.2) is 0 Å². The van der Waals surface area contributed by atoms with E-state index in [-0.39, 0.29) is 0 Å². The summed E-state index contributed by atoms with van der Waals surface area (Å²) in [5, 5.41) is 4.85. The smallest absolute Gasteiger partial charge is 0.0509 e. The van der Waals surface area contributed by atoms with Gasteiger partial charge in [0.15, 0.2) is 0 Å². The lowest BCUT2D eigenvalue weighted by Gasteiger charge is -2.11.